The Morgan fingerprint density at radius 1 is 1.47 bits per heavy atom. The smallest absolute Gasteiger partial charge is 0.0754 e. The van der Waals surface area contributed by atoms with Crippen LogP contribution in [0.4, 0.5) is 0 Å². The SMILES string of the molecule is Cn1ccc(CC2(O)CCCC2(C)C)n1. The summed E-state index contributed by atoms with van der Waals surface area (Å²) in [5.74, 6) is 0. The van der Waals surface area contributed by atoms with E-state index in [1.165, 1.54) is 0 Å². The van der Waals surface area contributed by atoms with Gasteiger partial charge >= 0.3 is 0 Å². The molecule has 0 aromatic carbocycles. The van der Waals surface area contributed by atoms with E-state index in [0.717, 1.165) is 25.0 Å². The molecule has 0 radical (unpaired) electrons. The molecule has 3 heteroatoms. The van der Waals surface area contributed by atoms with Gasteiger partial charge in [0.1, 0.15) is 0 Å². The molecular weight excluding hydrogens is 188 g/mol. The molecule has 84 valence electrons. The van der Waals surface area contributed by atoms with Gasteiger partial charge in [0.2, 0.25) is 0 Å². The van der Waals surface area contributed by atoms with Crippen LogP contribution in [-0.4, -0.2) is 20.5 Å². The van der Waals surface area contributed by atoms with Crippen LogP contribution in [-0.2, 0) is 13.5 Å². The second kappa shape index (κ2) is 3.34. The fourth-order valence-electron chi connectivity index (χ4n) is 2.58. The summed E-state index contributed by atoms with van der Waals surface area (Å²) in [5, 5.41) is 15.0. The van der Waals surface area contributed by atoms with Gasteiger partial charge in [-0.2, -0.15) is 5.10 Å². The lowest BCUT2D eigenvalue weighted by molar-refractivity contribution is -0.0427. The third-order valence-electron chi connectivity index (χ3n) is 3.89. The highest BCUT2D eigenvalue weighted by Gasteiger charge is 2.47. The molecule has 1 fully saturated rings. The zero-order valence-corrected chi connectivity index (χ0v) is 9.82. The van der Waals surface area contributed by atoms with Crippen molar-refractivity contribution in [2.45, 2.75) is 45.1 Å². The molecule has 0 amide bonds. The van der Waals surface area contributed by atoms with Crippen molar-refractivity contribution in [2.75, 3.05) is 0 Å². The highest BCUT2D eigenvalue weighted by atomic mass is 16.3. The van der Waals surface area contributed by atoms with Gasteiger partial charge in [0.15, 0.2) is 0 Å². The fraction of sp³-hybridized carbons (Fsp3) is 0.750. The molecule has 1 aromatic heterocycles. The van der Waals surface area contributed by atoms with E-state index in [1.807, 2.05) is 19.3 Å². The maximum absolute atomic E-state index is 10.6. The summed E-state index contributed by atoms with van der Waals surface area (Å²) in [6.45, 7) is 4.31. The average Bonchev–Trinajstić information content (AvgIpc) is 2.59. The first kappa shape index (κ1) is 10.7. The molecule has 0 spiro atoms. The van der Waals surface area contributed by atoms with Gasteiger partial charge in [-0.1, -0.05) is 13.8 Å². The van der Waals surface area contributed by atoms with Gasteiger partial charge in [-0.15, -0.1) is 0 Å². The fourth-order valence-corrected chi connectivity index (χ4v) is 2.58. The largest absolute Gasteiger partial charge is 0.389 e. The van der Waals surface area contributed by atoms with Crippen LogP contribution in [0.25, 0.3) is 0 Å². The molecule has 0 aliphatic heterocycles. The van der Waals surface area contributed by atoms with Gasteiger partial charge < -0.3 is 5.11 Å². The van der Waals surface area contributed by atoms with Crippen molar-refractivity contribution < 1.29 is 5.11 Å². The van der Waals surface area contributed by atoms with E-state index in [9.17, 15) is 5.11 Å². The van der Waals surface area contributed by atoms with Crippen LogP contribution in [0.1, 0.15) is 38.8 Å². The second-order valence-corrected chi connectivity index (χ2v) is 5.43. The Bertz CT molecular complexity index is 356. The first-order valence-electron chi connectivity index (χ1n) is 5.64. The lowest BCUT2D eigenvalue weighted by Crippen LogP contribution is -2.42. The molecule has 1 atom stereocenters. The van der Waals surface area contributed by atoms with Crippen molar-refractivity contribution in [1.29, 1.82) is 0 Å². The van der Waals surface area contributed by atoms with Gasteiger partial charge in [0.05, 0.1) is 11.3 Å². The van der Waals surface area contributed by atoms with E-state index in [4.69, 9.17) is 0 Å². The van der Waals surface area contributed by atoms with E-state index in [-0.39, 0.29) is 5.41 Å². The minimum atomic E-state index is -0.568. The standard InChI is InChI=1S/C12H20N2O/c1-11(2)6-4-7-12(11,15)9-10-5-8-14(3)13-10/h5,8,15H,4,6-7,9H2,1-3H3. The molecule has 1 aromatic rings. The number of aryl methyl sites for hydroxylation is 1. The van der Waals surface area contributed by atoms with Gasteiger partial charge in [-0.25, -0.2) is 0 Å². The number of aromatic nitrogens is 2. The third kappa shape index (κ3) is 1.81. The van der Waals surface area contributed by atoms with Crippen molar-refractivity contribution in [2.24, 2.45) is 12.5 Å². The Morgan fingerprint density at radius 3 is 2.67 bits per heavy atom. The maximum Gasteiger partial charge on any atom is 0.0754 e. The number of aliphatic hydroxyl groups is 1. The minimum absolute atomic E-state index is 0.0184. The second-order valence-electron chi connectivity index (χ2n) is 5.43. The Kier molecular flexibility index (Phi) is 2.38. The van der Waals surface area contributed by atoms with Crippen molar-refractivity contribution in [3.05, 3.63) is 18.0 Å². The average molecular weight is 208 g/mol. The van der Waals surface area contributed by atoms with Gasteiger partial charge in [-0.3, -0.25) is 4.68 Å². The lowest BCUT2D eigenvalue weighted by Gasteiger charge is -2.36. The summed E-state index contributed by atoms with van der Waals surface area (Å²) in [6.07, 6.45) is 5.74. The molecule has 3 nitrogen and oxygen atoms in total. The van der Waals surface area contributed by atoms with Crippen LogP contribution in [0.15, 0.2) is 12.3 Å². The summed E-state index contributed by atoms with van der Waals surface area (Å²) >= 11 is 0. The van der Waals surface area contributed by atoms with Crippen LogP contribution in [0.2, 0.25) is 0 Å². The van der Waals surface area contributed by atoms with Crippen LogP contribution in [0.5, 0.6) is 0 Å². The predicted octanol–water partition coefficient (Wildman–Crippen LogP) is 1.90. The van der Waals surface area contributed by atoms with Gasteiger partial charge in [-0.05, 0) is 30.7 Å². The lowest BCUT2D eigenvalue weighted by atomic mass is 9.75. The number of hydrogen-bond acceptors (Lipinski definition) is 2. The molecule has 2 rings (SSSR count). The summed E-state index contributed by atoms with van der Waals surface area (Å²) in [4.78, 5) is 0. The quantitative estimate of drug-likeness (QED) is 0.806. The molecule has 0 bridgehead atoms. The Balaban J connectivity index is 2.17. The summed E-state index contributed by atoms with van der Waals surface area (Å²) < 4.78 is 1.79. The molecule has 0 saturated heterocycles. The van der Waals surface area contributed by atoms with E-state index >= 15 is 0 Å². The molecule has 1 aliphatic rings. The summed E-state index contributed by atoms with van der Waals surface area (Å²) in [5.41, 5.74) is 0.446. The van der Waals surface area contributed by atoms with Crippen LogP contribution >= 0.6 is 0 Å². The Hall–Kier alpha value is -0.830. The zero-order valence-electron chi connectivity index (χ0n) is 9.82. The molecule has 1 saturated carbocycles. The summed E-state index contributed by atoms with van der Waals surface area (Å²) in [6, 6.07) is 1.99. The molecule has 1 aliphatic carbocycles. The number of nitrogens with zero attached hydrogens (tertiary/aromatic N) is 2. The van der Waals surface area contributed by atoms with Crippen LogP contribution in [0, 0.1) is 5.41 Å². The minimum Gasteiger partial charge on any atom is -0.389 e. The normalized spacial score (nSPS) is 29.6. The first-order valence-corrected chi connectivity index (χ1v) is 5.64. The molecule has 1 N–H and O–H groups in total. The zero-order chi connectivity index (χ0) is 11.1. The van der Waals surface area contributed by atoms with E-state index in [0.29, 0.717) is 6.42 Å². The van der Waals surface area contributed by atoms with Crippen molar-refractivity contribution in [1.82, 2.24) is 9.78 Å². The van der Waals surface area contributed by atoms with Crippen molar-refractivity contribution in [3.8, 4) is 0 Å². The monoisotopic (exact) mass is 208 g/mol. The van der Waals surface area contributed by atoms with Gasteiger partial charge in [0, 0.05) is 19.7 Å². The first-order chi connectivity index (χ1) is 6.93. The third-order valence-corrected chi connectivity index (χ3v) is 3.89. The maximum atomic E-state index is 10.6. The van der Waals surface area contributed by atoms with Crippen LogP contribution < -0.4 is 0 Å². The van der Waals surface area contributed by atoms with Crippen molar-refractivity contribution in [3.63, 3.8) is 0 Å². The highest BCUT2D eigenvalue weighted by Crippen LogP contribution is 2.47. The Labute approximate surface area is 91.1 Å². The highest BCUT2D eigenvalue weighted by molar-refractivity contribution is 5.09. The molecule has 1 unspecified atom stereocenters. The number of rotatable bonds is 2. The van der Waals surface area contributed by atoms with E-state index < -0.39 is 5.60 Å². The predicted molar refractivity (Wildman–Crippen MR) is 59.5 cm³/mol. The molecule has 1 heterocycles. The Morgan fingerprint density at radius 2 is 2.20 bits per heavy atom. The van der Waals surface area contributed by atoms with E-state index in [1.54, 1.807) is 4.68 Å². The van der Waals surface area contributed by atoms with Crippen LogP contribution in [0.3, 0.4) is 0 Å². The molecular formula is C12H20N2O. The van der Waals surface area contributed by atoms with Gasteiger partial charge in [0.25, 0.3) is 0 Å². The summed E-state index contributed by atoms with van der Waals surface area (Å²) in [7, 11) is 1.91. The van der Waals surface area contributed by atoms with Crippen molar-refractivity contribution >= 4 is 0 Å². The molecule has 15 heavy (non-hydrogen) atoms. The topological polar surface area (TPSA) is 38.0 Å². The number of hydrogen-bond donors (Lipinski definition) is 1. The van der Waals surface area contributed by atoms with E-state index in [2.05, 4.69) is 18.9 Å².